The molecule has 1 heterocycles. The molecule has 0 atom stereocenters. The number of amides is 1. The minimum atomic E-state index is -0.615. The number of anilines is 1. The first-order chi connectivity index (χ1) is 9.31. The molecule has 0 unspecified atom stereocenters. The molecule has 1 amide bonds. The van der Waals surface area contributed by atoms with Gasteiger partial charge in [0.15, 0.2) is 17.8 Å². The van der Waals surface area contributed by atoms with E-state index in [1.165, 1.54) is 0 Å². The second-order valence-electron chi connectivity index (χ2n) is 5.45. The molecule has 6 nitrogen and oxygen atoms in total. The molecule has 20 heavy (non-hydrogen) atoms. The van der Waals surface area contributed by atoms with Gasteiger partial charge in [0, 0.05) is 11.1 Å². The van der Waals surface area contributed by atoms with E-state index in [2.05, 4.69) is 5.32 Å². The summed E-state index contributed by atoms with van der Waals surface area (Å²) in [5.74, 6) is 0.889. The smallest absolute Gasteiger partial charge is 0.412 e. The highest BCUT2D eigenvalue weighted by molar-refractivity contribution is 5.92. The summed E-state index contributed by atoms with van der Waals surface area (Å²) in [5, 5.41) is 2.58. The normalized spacial score (nSPS) is 13.0. The Morgan fingerprint density at radius 3 is 2.60 bits per heavy atom. The second-order valence-corrected chi connectivity index (χ2v) is 5.45. The topological polar surface area (TPSA) is 73.9 Å². The molecule has 0 spiro atoms. The van der Waals surface area contributed by atoms with E-state index in [9.17, 15) is 9.59 Å². The van der Waals surface area contributed by atoms with Crippen LogP contribution < -0.4 is 14.8 Å². The zero-order chi connectivity index (χ0) is 14.9. The second kappa shape index (κ2) is 5.03. The number of hydrogen-bond acceptors (Lipinski definition) is 5. The molecular formula is C14H17NO5. The number of nitrogens with one attached hydrogen (secondary N) is 1. The van der Waals surface area contributed by atoms with Crippen molar-refractivity contribution in [3.8, 4) is 11.5 Å². The third-order valence-electron chi connectivity index (χ3n) is 2.69. The molecule has 0 bridgehead atoms. The van der Waals surface area contributed by atoms with Crippen molar-refractivity contribution >= 4 is 18.1 Å². The maximum Gasteiger partial charge on any atom is 0.412 e. The fourth-order valence-electron chi connectivity index (χ4n) is 1.85. The molecule has 0 radical (unpaired) electrons. The van der Waals surface area contributed by atoms with Crippen molar-refractivity contribution in [1.82, 2.24) is 0 Å². The van der Waals surface area contributed by atoms with E-state index >= 15 is 0 Å². The summed E-state index contributed by atoms with van der Waals surface area (Å²) < 4.78 is 15.8. The van der Waals surface area contributed by atoms with Crippen LogP contribution in [0.1, 0.15) is 36.7 Å². The predicted molar refractivity (Wildman–Crippen MR) is 72.5 cm³/mol. The van der Waals surface area contributed by atoms with Crippen LogP contribution in [-0.4, -0.2) is 24.8 Å². The molecule has 1 N–H and O–H groups in total. The van der Waals surface area contributed by atoms with Crippen molar-refractivity contribution in [3.05, 3.63) is 17.2 Å². The quantitative estimate of drug-likeness (QED) is 0.842. The summed E-state index contributed by atoms with van der Waals surface area (Å²) in [5.41, 5.74) is 0.866. The van der Waals surface area contributed by atoms with Crippen LogP contribution in [0.4, 0.5) is 10.5 Å². The Morgan fingerprint density at radius 2 is 2.00 bits per heavy atom. The number of benzene rings is 1. The van der Waals surface area contributed by atoms with Crippen LogP contribution in [0.2, 0.25) is 0 Å². The first-order valence-corrected chi connectivity index (χ1v) is 6.20. The number of carbonyl (C=O) groups is 2. The van der Waals surface area contributed by atoms with E-state index in [0.717, 1.165) is 0 Å². The van der Waals surface area contributed by atoms with Crippen LogP contribution >= 0.6 is 0 Å². The molecule has 1 aromatic rings. The number of ether oxygens (including phenoxy) is 3. The fourth-order valence-corrected chi connectivity index (χ4v) is 1.85. The van der Waals surface area contributed by atoms with E-state index in [1.807, 2.05) is 0 Å². The lowest BCUT2D eigenvalue weighted by atomic mass is 10.1. The highest BCUT2D eigenvalue weighted by atomic mass is 16.7. The van der Waals surface area contributed by atoms with Crippen molar-refractivity contribution in [2.45, 2.75) is 33.3 Å². The third-order valence-corrected chi connectivity index (χ3v) is 2.69. The van der Waals surface area contributed by atoms with E-state index in [-0.39, 0.29) is 6.79 Å². The van der Waals surface area contributed by atoms with Gasteiger partial charge in [-0.2, -0.15) is 0 Å². The van der Waals surface area contributed by atoms with Gasteiger partial charge in [0.25, 0.3) is 0 Å². The minimum Gasteiger partial charge on any atom is -0.453 e. The lowest BCUT2D eigenvalue weighted by Crippen LogP contribution is -2.27. The zero-order valence-corrected chi connectivity index (χ0v) is 11.9. The summed E-state index contributed by atoms with van der Waals surface area (Å²) in [6.45, 7) is 7.11. The van der Waals surface area contributed by atoms with Gasteiger partial charge >= 0.3 is 6.09 Å². The standard InChI is InChI=1S/C14H17NO5/c1-8-9(6-16)5-10(12-11(8)18-7-19-12)15-13(17)20-14(2,3)4/h5-6H,7H2,1-4H3,(H,15,17). The van der Waals surface area contributed by atoms with Crippen LogP contribution in [0.3, 0.4) is 0 Å². The van der Waals surface area contributed by atoms with Crippen molar-refractivity contribution in [2.24, 2.45) is 0 Å². The van der Waals surface area contributed by atoms with Crippen molar-refractivity contribution in [3.63, 3.8) is 0 Å². The third kappa shape index (κ3) is 2.84. The van der Waals surface area contributed by atoms with Crippen LogP contribution in [0.15, 0.2) is 6.07 Å². The molecule has 0 fully saturated rings. The van der Waals surface area contributed by atoms with Gasteiger partial charge in [-0.25, -0.2) is 4.79 Å². The fraction of sp³-hybridized carbons (Fsp3) is 0.429. The number of hydrogen-bond donors (Lipinski definition) is 1. The number of aldehydes is 1. The van der Waals surface area contributed by atoms with E-state index < -0.39 is 11.7 Å². The molecule has 1 aliphatic heterocycles. The van der Waals surface area contributed by atoms with E-state index in [4.69, 9.17) is 14.2 Å². The predicted octanol–water partition coefficient (Wildman–Crippen LogP) is 2.88. The highest BCUT2D eigenvalue weighted by Gasteiger charge is 2.25. The summed E-state index contributed by atoms with van der Waals surface area (Å²) in [6, 6.07) is 1.54. The Bertz CT molecular complexity index is 560. The zero-order valence-electron chi connectivity index (χ0n) is 11.9. The molecule has 0 saturated heterocycles. The van der Waals surface area contributed by atoms with Gasteiger partial charge in [-0.05, 0) is 33.8 Å². The molecule has 2 rings (SSSR count). The van der Waals surface area contributed by atoms with Crippen molar-refractivity contribution < 1.29 is 23.8 Å². The average molecular weight is 279 g/mol. The van der Waals surface area contributed by atoms with Gasteiger partial charge in [-0.15, -0.1) is 0 Å². The first-order valence-electron chi connectivity index (χ1n) is 6.20. The molecule has 0 aliphatic carbocycles. The molecular weight excluding hydrogens is 262 g/mol. The molecule has 1 aromatic carbocycles. The summed E-state index contributed by atoms with van der Waals surface area (Å²) in [7, 11) is 0. The minimum absolute atomic E-state index is 0.0570. The van der Waals surface area contributed by atoms with Crippen LogP contribution in [0.5, 0.6) is 11.5 Å². The van der Waals surface area contributed by atoms with Gasteiger partial charge in [0.1, 0.15) is 5.60 Å². The summed E-state index contributed by atoms with van der Waals surface area (Å²) in [4.78, 5) is 22.8. The van der Waals surface area contributed by atoms with E-state index in [1.54, 1.807) is 33.8 Å². The van der Waals surface area contributed by atoms with Crippen LogP contribution in [-0.2, 0) is 4.74 Å². The summed E-state index contributed by atoms with van der Waals surface area (Å²) in [6.07, 6.45) is 0.0910. The van der Waals surface area contributed by atoms with Gasteiger partial charge in [-0.1, -0.05) is 0 Å². The molecule has 108 valence electrons. The molecule has 1 aliphatic rings. The van der Waals surface area contributed by atoms with Crippen LogP contribution in [0, 0.1) is 6.92 Å². The van der Waals surface area contributed by atoms with Crippen LogP contribution in [0.25, 0.3) is 0 Å². The highest BCUT2D eigenvalue weighted by Crippen LogP contribution is 2.43. The Balaban J connectivity index is 2.31. The Kier molecular flexibility index (Phi) is 3.57. The van der Waals surface area contributed by atoms with Gasteiger partial charge in [-0.3, -0.25) is 10.1 Å². The van der Waals surface area contributed by atoms with Crippen molar-refractivity contribution in [2.75, 3.05) is 12.1 Å². The Hall–Kier alpha value is -2.24. The molecule has 0 aromatic heterocycles. The maximum absolute atomic E-state index is 11.8. The van der Waals surface area contributed by atoms with Crippen molar-refractivity contribution in [1.29, 1.82) is 0 Å². The summed E-state index contributed by atoms with van der Waals surface area (Å²) >= 11 is 0. The lowest BCUT2D eigenvalue weighted by Gasteiger charge is -2.20. The van der Waals surface area contributed by atoms with Gasteiger partial charge in [0.05, 0.1) is 5.69 Å². The largest absolute Gasteiger partial charge is 0.453 e. The van der Waals surface area contributed by atoms with Gasteiger partial charge in [0.2, 0.25) is 6.79 Å². The molecule has 6 heteroatoms. The molecule has 0 saturated carbocycles. The SMILES string of the molecule is Cc1c(C=O)cc(NC(=O)OC(C)(C)C)c2c1OCO2. The number of rotatable bonds is 2. The van der Waals surface area contributed by atoms with E-state index in [0.29, 0.717) is 34.6 Å². The van der Waals surface area contributed by atoms with Gasteiger partial charge < -0.3 is 14.2 Å². The average Bonchev–Trinajstić information content (AvgIpc) is 2.80. The lowest BCUT2D eigenvalue weighted by molar-refractivity contribution is 0.0635. The first kappa shape index (κ1) is 14.2. The Morgan fingerprint density at radius 1 is 1.35 bits per heavy atom. The maximum atomic E-state index is 11.8. The monoisotopic (exact) mass is 279 g/mol. The number of carbonyl (C=O) groups excluding carboxylic acids is 2. The number of fused-ring (bicyclic) bond motifs is 1. The Labute approximate surface area is 117 Å².